The molecule has 0 aliphatic carbocycles. The molecule has 2 fully saturated rings. The maximum atomic E-state index is 15.8. The highest BCUT2D eigenvalue weighted by Crippen LogP contribution is 2.42. The summed E-state index contributed by atoms with van der Waals surface area (Å²) in [6, 6.07) is 1.66. The third-order valence-electron chi connectivity index (χ3n) is 7.56. The number of nitrogen functional groups attached to an aromatic ring is 2. The SMILES string of the molecule is Nc1nc2c(ncn2[C@@H]2OC(OC(O)CC[C@H]3[C@H](F)[C@H](n4ccc5c(N)ncnc54)O[C@@H]3COP)[C@@H](F)[C@H]2OO)c(=O)[nH]1. The van der Waals surface area contributed by atoms with Gasteiger partial charge < -0.3 is 39.9 Å². The Morgan fingerprint density at radius 1 is 1.14 bits per heavy atom. The van der Waals surface area contributed by atoms with Gasteiger partial charge in [0, 0.05) is 21.6 Å². The Labute approximate surface area is 242 Å². The van der Waals surface area contributed by atoms with Crippen LogP contribution in [0.2, 0.25) is 0 Å². The van der Waals surface area contributed by atoms with Crippen molar-refractivity contribution >= 4 is 43.4 Å². The molecule has 6 heterocycles. The van der Waals surface area contributed by atoms with Gasteiger partial charge in [0.15, 0.2) is 54.6 Å². The summed E-state index contributed by atoms with van der Waals surface area (Å²) in [5.74, 6) is -0.736. The molecule has 4 aromatic rings. The monoisotopic (exact) mass is 627 g/mol. The van der Waals surface area contributed by atoms with Gasteiger partial charge in [-0.15, -0.1) is 0 Å². The number of nitrogens with zero attached hydrogens (tertiary/aromatic N) is 6. The zero-order chi connectivity index (χ0) is 30.4. The second-order valence-corrected chi connectivity index (χ2v) is 10.4. The number of nitrogens with two attached hydrogens (primary N) is 2. The molecule has 0 bridgehead atoms. The topological polar surface area (TPSA) is 233 Å². The Morgan fingerprint density at radius 3 is 2.72 bits per heavy atom. The fraction of sp³-hybridized carbons (Fsp3) is 0.522. The number of imidazole rings is 1. The van der Waals surface area contributed by atoms with Crippen LogP contribution in [0, 0.1) is 5.92 Å². The maximum absolute atomic E-state index is 15.8. The number of fused-ring (bicyclic) bond motifs is 2. The predicted octanol–water partition coefficient (Wildman–Crippen LogP) is 0.554. The van der Waals surface area contributed by atoms with E-state index in [2.05, 4.69) is 39.3 Å². The molecule has 7 N–H and O–H groups in total. The van der Waals surface area contributed by atoms with Crippen molar-refractivity contribution in [3.05, 3.63) is 35.3 Å². The van der Waals surface area contributed by atoms with Crippen molar-refractivity contribution in [2.75, 3.05) is 18.1 Å². The molecule has 2 aliphatic rings. The number of aromatic amines is 1. The molecule has 4 aromatic heterocycles. The largest absolute Gasteiger partial charge is 0.383 e. The Balaban J connectivity index is 1.13. The Kier molecular flexibility index (Phi) is 8.22. The van der Waals surface area contributed by atoms with E-state index in [-0.39, 0.29) is 42.4 Å². The molecule has 17 nitrogen and oxygen atoms in total. The van der Waals surface area contributed by atoms with Gasteiger partial charge in [-0.1, -0.05) is 0 Å². The van der Waals surface area contributed by atoms with Gasteiger partial charge in [0.2, 0.25) is 5.95 Å². The number of nitrogens with one attached hydrogen (secondary N) is 1. The van der Waals surface area contributed by atoms with Crippen molar-refractivity contribution in [3.63, 3.8) is 0 Å². The molecular weight excluding hydrogens is 599 g/mol. The molecular formula is C23H28F2N9O8P. The lowest BCUT2D eigenvalue weighted by Gasteiger charge is -2.22. The van der Waals surface area contributed by atoms with Crippen LogP contribution in [0.15, 0.2) is 29.7 Å². The van der Waals surface area contributed by atoms with Crippen LogP contribution in [0.25, 0.3) is 22.2 Å². The number of aliphatic hydroxyl groups is 1. The van der Waals surface area contributed by atoms with E-state index >= 15 is 8.78 Å². The molecule has 3 unspecified atom stereocenters. The van der Waals surface area contributed by atoms with E-state index in [1.807, 2.05) is 0 Å². The Hall–Kier alpha value is -3.42. The first-order chi connectivity index (χ1) is 20.7. The Morgan fingerprint density at radius 2 is 1.95 bits per heavy atom. The maximum Gasteiger partial charge on any atom is 0.280 e. The third kappa shape index (κ3) is 5.31. The number of halogens is 2. The molecule has 10 atom stereocenters. The van der Waals surface area contributed by atoms with E-state index in [1.165, 1.54) is 10.9 Å². The predicted molar refractivity (Wildman–Crippen MR) is 145 cm³/mol. The minimum Gasteiger partial charge on any atom is -0.383 e. The molecule has 2 saturated heterocycles. The van der Waals surface area contributed by atoms with Crippen LogP contribution < -0.4 is 17.0 Å². The van der Waals surface area contributed by atoms with Crippen LogP contribution in [0.4, 0.5) is 20.5 Å². The second kappa shape index (κ2) is 11.9. The summed E-state index contributed by atoms with van der Waals surface area (Å²) in [6.45, 7) is 0.0370. The van der Waals surface area contributed by atoms with Crippen molar-refractivity contribution in [3.8, 4) is 0 Å². The molecule has 20 heteroatoms. The number of hydrogen-bond acceptors (Lipinski definition) is 14. The van der Waals surface area contributed by atoms with Gasteiger partial charge in [0.05, 0.1) is 24.4 Å². The van der Waals surface area contributed by atoms with Crippen LogP contribution in [-0.4, -0.2) is 88.2 Å². The summed E-state index contributed by atoms with van der Waals surface area (Å²) in [6.07, 6.45) is -7.85. The van der Waals surface area contributed by atoms with E-state index in [0.29, 0.717) is 11.0 Å². The summed E-state index contributed by atoms with van der Waals surface area (Å²) in [7, 11) is 2.09. The van der Waals surface area contributed by atoms with Gasteiger partial charge in [0.25, 0.3) is 5.56 Å². The summed E-state index contributed by atoms with van der Waals surface area (Å²) < 4.78 is 55.9. The fourth-order valence-electron chi connectivity index (χ4n) is 5.52. The summed E-state index contributed by atoms with van der Waals surface area (Å²) in [4.78, 5) is 34.8. The Bertz CT molecular complexity index is 1660. The lowest BCUT2D eigenvalue weighted by molar-refractivity contribution is -0.300. The zero-order valence-electron chi connectivity index (χ0n) is 22.1. The standard InChI is InChI=1S/C23H28F2N9O8P/c24-12-8(10(5-38-43)39-20(12)33-4-3-9-16(26)28-6-29-17(9)33)1-2-11(35)40-22-13(25)15(42-37)21(41-22)34-7-30-14-18(34)31-23(27)32-19(14)36/h3-4,6-8,10-13,15,20-22,35,37H,1-2,5,43H2,(H2,26,28,29)(H3,27,31,32,36)/t8-,10-,11?,12+,13+,15-,20-,21-,22?/m1/s1. The van der Waals surface area contributed by atoms with Crippen LogP contribution in [-0.2, 0) is 23.6 Å². The molecule has 0 radical (unpaired) electrons. The van der Waals surface area contributed by atoms with Crippen molar-refractivity contribution in [2.24, 2.45) is 5.92 Å². The van der Waals surface area contributed by atoms with Crippen LogP contribution in [0.1, 0.15) is 25.3 Å². The quantitative estimate of drug-likeness (QED) is 0.0700. The van der Waals surface area contributed by atoms with Crippen LogP contribution in [0.5, 0.6) is 0 Å². The lowest BCUT2D eigenvalue weighted by Crippen LogP contribution is -2.34. The third-order valence-corrected chi connectivity index (χ3v) is 7.75. The van der Waals surface area contributed by atoms with Gasteiger partial charge in [-0.25, -0.2) is 28.6 Å². The minimum atomic E-state index is -2.09. The van der Waals surface area contributed by atoms with Crippen molar-refractivity contribution in [1.29, 1.82) is 0 Å². The average Bonchev–Trinajstić information content (AvgIpc) is 3.73. The zero-order valence-corrected chi connectivity index (χ0v) is 23.3. The number of ether oxygens (including phenoxy) is 3. The van der Waals surface area contributed by atoms with Crippen molar-refractivity contribution in [2.45, 2.75) is 62.4 Å². The fourth-order valence-corrected chi connectivity index (χ4v) is 5.71. The molecule has 43 heavy (non-hydrogen) atoms. The number of H-pyrrole nitrogens is 1. The first kappa shape index (κ1) is 29.6. The first-order valence-corrected chi connectivity index (χ1v) is 13.5. The highest BCUT2D eigenvalue weighted by molar-refractivity contribution is 7.09. The molecule has 0 amide bonds. The van der Waals surface area contributed by atoms with Gasteiger partial charge in [-0.3, -0.25) is 19.6 Å². The van der Waals surface area contributed by atoms with Gasteiger partial charge in [-0.05, 0) is 18.9 Å². The number of anilines is 2. The highest BCUT2D eigenvalue weighted by Gasteiger charge is 2.50. The number of alkyl halides is 2. The number of hydrogen-bond donors (Lipinski definition) is 5. The smallest absolute Gasteiger partial charge is 0.280 e. The summed E-state index contributed by atoms with van der Waals surface area (Å²) in [5.41, 5.74) is 11.1. The number of aromatic nitrogens is 7. The molecule has 6 rings (SSSR count). The van der Waals surface area contributed by atoms with E-state index in [4.69, 9.17) is 30.2 Å². The number of aliphatic hydroxyl groups excluding tert-OH is 1. The van der Waals surface area contributed by atoms with Gasteiger partial charge in [0.1, 0.15) is 17.8 Å². The lowest BCUT2D eigenvalue weighted by atomic mass is 9.93. The van der Waals surface area contributed by atoms with Gasteiger partial charge in [-0.2, -0.15) is 4.98 Å². The molecule has 232 valence electrons. The van der Waals surface area contributed by atoms with E-state index in [0.717, 1.165) is 10.9 Å². The van der Waals surface area contributed by atoms with E-state index in [9.17, 15) is 15.2 Å². The van der Waals surface area contributed by atoms with Crippen LogP contribution >= 0.6 is 9.47 Å². The average molecular weight is 628 g/mol. The minimum absolute atomic E-state index is 0.0370. The summed E-state index contributed by atoms with van der Waals surface area (Å²) >= 11 is 0. The highest BCUT2D eigenvalue weighted by atomic mass is 31.0. The normalized spacial score (nSPS) is 30.1. The van der Waals surface area contributed by atoms with E-state index in [1.54, 1.807) is 12.3 Å². The number of rotatable bonds is 10. The van der Waals surface area contributed by atoms with Crippen molar-refractivity contribution in [1.82, 2.24) is 34.1 Å². The molecule has 0 saturated carbocycles. The molecule has 0 aromatic carbocycles. The second-order valence-electron chi connectivity index (χ2n) is 10.1. The van der Waals surface area contributed by atoms with Crippen LogP contribution in [0.3, 0.4) is 0 Å². The molecule has 0 spiro atoms. The van der Waals surface area contributed by atoms with Crippen molar-refractivity contribution < 1.29 is 42.8 Å². The first-order valence-electron chi connectivity index (χ1n) is 13.1. The van der Waals surface area contributed by atoms with E-state index < -0.39 is 61.1 Å². The molecule has 2 aliphatic heterocycles. The van der Waals surface area contributed by atoms with Gasteiger partial charge >= 0.3 is 0 Å². The summed E-state index contributed by atoms with van der Waals surface area (Å²) in [5, 5.41) is 20.6.